The molecule has 3 aromatic rings. The van der Waals surface area contributed by atoms with Crippen molar-refractivity contribution < 1.29 is 22.7 Å². The molecule has 1 N–H and O–H groups in total. The van der Waals surface area contributed by atoms with E-state index in [1.807, 2.05) is 13.8 Å². The van der Waals surface area contributed by atoms with Crippen molar-refractivity contribution in [3.05, 3.63) is 71.3 Å². The van der Waals surface area contributed by atoms with Gasteiger partial charge in [-0.1, -0.05) is 13.8 Å². The summed E-state index contributed by atoms with van der Waals surface area (Å²) in [6, 6.07) is 7.63. The second-order valence-corrected chi connectivity index (χ2v) is 6.41. The van der Waals surface area contributed by atoms with Crippen LogP contribution in [0.3, 0.4) is 0 Å². The molecule has 0 aliphatic rings. The third-order valence-corrected chi connectivity index (χ3v) is 4.13. The van der Waals surface area contributed by atoms with E-state index >= 15 is 0 Å². The van der Waals surface area contributed by atoms with Crippen molar-refractivity contribution in [3.8, 4) is 11.4 Å². The van der Waals surface area contributed by atoms with Gasteiger partial charge in [0, 0.05) is 17.8 Å². The number of nitrogens with zero attached hydrogens (tertiary/aromatic N) is 2. The molecule has 0 bridgehead atoms. The minimum Gasteiger partial charge on any atom is -0.491 e. The lowest BCUT2D eigenvalue weighted by atomic mass is 10.0. The first-order valence-electron chi connectivity index (χ1n) is 8.50. The molecule has 0 saturated carbocycles. The van der Waals surface area contributed by atoms with Gasteiger partial charge >= 0.3 is 0 Å². The molecule has 8 heteroatoms. The Hall–Kier alpha value is -3.29. The maximum atomic E-state index is 13.9. The van der Waals surface area contributed by atoms with Gasteiger partial charge in [0.25, 0.3) is 5.91 Å². The standard InChI is InChI=1S/C20H18F3N3O2/c1-11(2)18-15(10-24-26(18)14-6-4-12(21)5-7-14)20(27)25-13-8-16(22)19(28-3)17(23)9-13/h4-11H,1-3H3,(H,25,27). The SMILES string of the molecule is COc1c(F)cc(NC(=O)c2cnn(-c3ccc(F)cc3)c2C(C)C)cc1F. The second kappa shape index (κ2) is 7.75. The predicted molar refractivity (Wildman–Crippen MR) is 98.5 cm³/mol. The van der Waals surface area contributed by atoms with Gasteiger partial charge in [-0.25, -0.2) is 17.9 Å². The van der Waals surface area contributed by atoms with Crippen LogP contribution in [0.25, 0.3) is 5.69 Å². The van der Waals surface area contributed by atoms with Crippen molar-refractivity contribution in [1.82, 2.24) is 9.78 Å². The van der Waals surface area contributed by atoms with Crippen LogP contribution in [-0.4, -0.2) is 22.8 Å². The van der Waals surface area contributed by atoms with E-state index in [0.29, 0.717) is 11.4 Å². The van der Waals surface area contributed by atoms with Crippen molar-refractivity contribution in [3.63, 3.8) is 0 Å². The lowest BCUT2D eigenvalue weighted by Gasteiger charge is -2.13. The van der Waals surface area contributed by atoms with Gasteiger partial charge in [0.1, 0.15) is 5.82 Å². The normalized spacial score (nSPS) is 11.0. The molecule has 28 heavy (non-hydrogen) atoms. The van der Waals surface area contributed by atoms with Crippen molar-refractivity contribution in [2.75, 3.05) is 12.4 Å². The molecule has 1 amide bonds. The third-order valence-electron chi connectivity index (χ3n) is 4.13. The molecule has 5 nitrogen and oxygen atoms in total. The molecule has 0 fully saturated rings. The average Bonchev–Trinajstić information content (AvgIpc) is 3.07. The number of amides is 1. The van der Waals surface area contributed by atoms with Gasteiger partial charge in [-0.3, -0.25) is 4.79 Å². The number of nitrogens with one attached hydrogen (secondary N) is 1. The summed E-state index contributed by atoms with van der Waals surface area (Å²) >= 11 is 0. The van der Waals surface area contributed by atoms with E-state index < -0.39 is 23.3 Å². The molecule has 0 aliphatic carbocycles. The van der Waals surface area contributed by atoms with Gasteiger partial charge in [0.05, 0.1) is 30.3 Å². The summed E-state index contributed by atoms with van der Waals surface area (Å²) in [5.41, 5.74) is 1.37. The Bertz CT molecular complexity index is 991. The fourth-order valence-corrected chi connectivity index (χ4v) is 2.90. The topological polar surface area (TPSA) is 56.1 Å². The Morgan fingerprint density at radius 3 is 2.25 bits per heavy atom. The van der Waals surface area contributed by atoms with Crippen LogP contribution in [0.1, 0.15) is 35.8 Å². The molecule has 0 saturated heterocycles. The largest absolute Gasteiger partial charge is 0.491 e. The first kappa shape index (κ1) is 19.5. The maximum absolute atomic E-state index is 13.9. The van der Waals surface area contributed by atoms with Gasteiger partial charge in [0.15, 0.2) is 17.4 Å². The summed E-state index contributed by atoms with van der Waals surface area (Å²) in [5, 5.41) is 6.70. The first-order chi connectivity index (χ1) is 13.3. The fourth-order valence-electron chi connectivity index (χ4n) is 2.90. The lowest BCUT2D eigenvalue weighted by molar-refractivity contribution is 0.102. The van der Waals surface area contributed by atoms with Crippen LogP contribution in [0.2, 0.25) is 0 Å². The predicted octanol–water partition coefficient (Wildman–Crippen LogP) is 4.67. The van der Waals surface area contributed by atoms with Crippen molar-refractivity contribution in [1.29, 1.82) is 0 Å². The van der Waals surface area contributed by atoms with Crippen LogP contribution in [0.15, 0.2) is 42.6 Å². The molecule has 0 aliphatic heterocycles. The second-order valence-electron chi connectivity index (χ2n) is 6.41. The van der Waals surface area contributed by atoms with Gasteiger partial charge in [-0.05, 0) is 30.2 Å². The summed E-state index contributed by atoms with van der Waals surface area (Å²) < 4.78 is 47.1. The van der Waals surface area contributed by atoms with E-state index in [2.05, 4.69) is 15.2 Å². The average molecular weight is 389 g/mol. The van der Waals surface area contributed by atoms with Crippen molar-refractivity contribution in [2.45, 2.75) is 19.8 Å². The number of hydrogen-bond donors (Lipinski definition) is 1. The quantitative estimate of drug-likeness (QED) is 0.690. The molecular formula is C20H18F3N3O2. The van der Waals surface area contributed by atoms with Crippen LogP contribution in [0.4, 0.5) is 18.9 Å². The zero-order valence-electron chi connectivity index (χ0n) is 15.5. The summed E-state index contributed by atoms with van der Waals surface area (Å²) in [4.78, 5) is 12.7. The van der Waals surface area contributed by atoms with E-state index in [0.717, 1.165) is 19.2 Å². The van der Waals surface area contributed by atoms with Gasteiger partial charge in [-0.15, -0.1) is 0 Å². The number of methoxy groups -OCH3 is 1. The molecule has 0 radical (unpaired) electrons. The minimum atomic E-state index is -0.927. The summed E-state index contributed by atoms with van der Waals surface area (Å²) in [6.45, 7) is 3.75. The van der Waals surface area contributed by atoms with Crippen LogP contribution in [-0.2, 0) is 0 Å². The van der Waals surface area contributed by atoms with E-state index in [1.54, 1.807) is 12.1 Å². The Morgan fingerprint density at radius 1 is 1.11 bits per heavy atom. The van der Waals surface area contributed by atoms with Crippen molar-refractivity contribution >= 4 is 11.6 Å². The summed E-state index contributed by atoms with van der Waals surface area (Å²) in [7, 11) is 1.15. The van der Waals surface area contributed by atoms with Crippen LogP contribution in [0, 0.1) is 17.5 Å². The number of rotatable bonds is 5. The molecule has 146 valence electrons. The van der Waals surface area contributed by atoms with Crippen molar-refractivity contribution in [2.24, 2.45) is 0 Å². The van der Waals surface area contributed by atoms with Crippen LogP contribution < -0.4 is 10.1 Å². The molecule has 1 aromatic heterocycles. The Kier molecular flexibility index (Phi) is 5.39. The van der Waals surface area contributed by atoms with Gasteiger partial charge in [0.2, 0.25) is 0 Å². The number of aromatic nitrogens is 2. The number of anilines is 1. The van der Waals surface area contributed by atoms with E-state index in [-0.39, 0.29) is 23.0 Å². The molecule has 0 atom stereocenters. The highest BCUT2D eigenvalue weighted by molar-refractivity contribution is 6.05. The molecular weight excluding hydrogens is 371 g/mol. The van der Waals surface area contributed by atoms with E-state index in [1.165, 1.54) is 23.0 Å². The summed E-state index contributed by atoms with van der Waals surface area (Å²) in [6.07, 6.45) is 1.37. The third kappa shape index (κ3) is 3.71. The van der Waals surface area contributed by atoms with Gasteiger partial charge < -0.3 is 10.1 Å². The molecule has 1 heterocycles. The van der Waals surface area contributed by atoms with E-state index in [4.69, 9.17) is 0 Å². The molecule has 2 aromatic carbocycles. The maximum Gasteiger partial charge on any atom is 0.259 e. The smallest absolute Gasteiger partial charge is 0.259 e. The first-order valence-corrected chi connectivity index (χ1v) is 8.50. The zero-order valence-corrected chi connectivity index (χ0v) is 15.5. The highest BCUT2D eigenvalue weighted by atomic mass is 19.1. The highest BCUT2D eigenvalue weighted by Gasteiger charge is 2.22. The Labute approximate surface area is 159 Å². The highest BCUT2D eigenvalue weighted by Crippen LogP contribution is 2.27. The molecule has 0 unspecified atom stereocenters. The number of hydrogen-bond acceptors (Lipinski definition) is 3. The van der Waals surface area contributed by atoms with E-state index in [9.17, 15) is 18.0 Å². The Morgan fingerprint density at radius 2 is 1.71 bits per heavy atom. The minimum absolute atomic E-state index is 0.0509. The number of benzene rings is 2. The molecule has 3 rings (SSSR count). The monoisotopic (exact) mass is 389 g/mol. The fraction of sp³-hybridized carbons (Fsp3) is 0.200. The summed E-state index contributed by atoms with van der Waals surface area (Å²) in [5.74, 6) is -3.43. The number of carbonyl (C=O) groups excluding carboxylic acids is 1. The van der Waals surface area contributed by atoms with Crippen LogP contribution >= 0.6 is 0 Å². The van der Waals surface area contributed by atoms with Crippen LogP contribution in [0.5, 0.6) is 5.75 Å². The number of carbonyl (C=O) groups is 1. The Balaban J connectivity index is 1.95. The number of halogens is 3. The number of ether oxygens (including phenoxy) is 1. The molecule has 0 spiro atoms. The lowest BCUT2D eigenvalue weighted by Crippen LogP contribution is -2.16. The van der Waals surface area contributed by atoms with Gasteiger partial charge in [-0.2, -0.15) is 5.10 Å². The zero-order chi connectivity index (χ0) is 20.4.